The molecule has 0 bridgehead atoms. The van der Waals surface area contributed by atoms with E-state index in [2.05, 4.69) is 46.6 Å². The van der Waals surface area contributed by atoms with Crippen LogP contribution in [0, 0.1) is 20.8 Å². The van der Waals surface area contributed by atoms with Crippen molar-refractivity contribution >= 4 is 0 Å². The minimum absolute atomic E-state index is 0.793. The number of hydrogen-bond acceptors (Lipinski definition) is 3. The fourth-order valence-electron chi connectivity index (χ4n) is 2.65. The summed E-state index contributed by atoms with van der Waals surface area (Å²) >= 11 is 0. The van der Waals surface area contributed by atoms with E-state index in [0.29, 0.717) is 0 Å². The normalized spacial score (nSPS) is 11.2. The Balaban J connectivity index is 2.25. The summed E-state index contributed by atoms with van der Waals surface area (Å²) in [5.74, 6) is 0. The summed E-state index contributed by atoms with van der Waals surface area (Å²) in [5.41, 5.74) is 6.05. The lowest BCUT2D eigenvalue weighted by atomic mass is 10.1. The molecule has 5 heteroatoms. The van der Waals surface area contributed by atoms with Gasteiger partial charge in [-0.3, -0.25) is 9.36 Å². The maximum absolute atomic E-state index is 4.69. The van der Waals surface area contributed by atoms with Crippen molar-refractivity contribution < 1.29 is 0 Å². The molecular weight excluding hydrogens is 250 g/mol. The first-order valence-electron chi connectivity index (χ1n) is 7.27. The van der Waals surface area contributed by atoms with Crippen molar-refractivity contribution in [1.29, 1.82) is 0 Å². The predicted molar refractivity (Wildman–Crippen MR) is 81.1 cm³/mol. The van der Waals surface area contributed by atoms with Crippen molar-refractivity contribution in [2.45, 2.75) is 47.2 Å². The fraction of sp³-hybridized carbons (Fsp3) is 0.600. The molecule has 0 aromatic carbocycles. The molecule has 2 aromatic heterocycles. The Morgan fingerprint density at radius 3 is 2.55 bits per heavy atom. The summed E-state index contributed by atoms with van der Waals surface area (Å²) < 4.78 is 4.15. The standard InChI is InChI=1S/C15H25N5/c1-6-19-14(9-11(2)17-19)10-20-13(4)15(7-8-16-5)12(3)18-20/h9,16H,6-8,10H2,1-5H3. The highest BCUT2D eigenvalue weighted by atomic mass is 15.3. The molecule has 2 rings (SSSR count). The van der Waals surface area contributed by atoms with Gasteiger partial charge in [-0.1, -0.05) is 0 Å². The number of nitrogens with zero attached hydrogens (tertiary/aromatic N) is 4. The first-order valence-corrected chi connectivity index (χ1v) is 7.27. The zero-order valence-corrected chi connectivity index (χ0v) is 13.2. The molecule has 0 saturated heterocycles. The molecule has 0 atom stereocenters. The highest BCUT2D eigenvalue weighted by Gasteiger charge is 2.13. The monoisotopic (exact) mass is 275 g/mol. The molecule has 0 aliphatic heterocycles. The molecule has 0 aliphatic carbocycles. The van der Waals surface area contributed by atoms with Gasteiger partial charge in [-0.2, -0.15) is 10.2 Å². The van der Waals surface area contributed by atoms with Crippen molar-refractivity contribution in [3.05, 3.63) is 34.4 Å². The summed E-state index contributed by atoms with van der Waals surface area (Å²) in [6.45, 7) is 11.1. The SMILES string of the molecule is CCn1nc(C)cc1Cn1nc(C)c(CCNC)c1C. The minimum Gasteiger partial charge on any atom is -0.319 e. The minimum atomic E-state index is 0.793. The quantitative estimate of drug-likeness (QED) is 0.875. The van der Waals surface area contributed by atoms with E-state index >= 15 is 0 Å². The van der Waals surface area contributed by atoms with E-state index in [9.17, 15) is 0 Å². The summed E-state index contributed by atoms with van der Waals surface area (Å²) in [5, 5.41) is 12.4. The molecule has 2 aromatic rings. The van der Waals surface area contributed by atoms with Gasteiger partial charge in [0.05, 0.1) is 23.6 Å². The average molecular weight is 275 g/mol. The second-order valence-electron chi connectivity index (χ2n) is 5.25. The smallest absolute Gasteiger partial charge is 0.0831 e. The Kier molecular flexibility index (Phi) is 4.60. The third-order valence-corrected chi connectivity index (χ3v) is 3.75. The number of nitrogens with one attached hydrogen (secondary N) is 1. The van der Waals surface area contributed by atoms with E-state index in [1.165, 1.54) is 17.0 Å². The lowest BCUT2D eigenvalue weighted by Gasteiger charge is -2.07. The molecule has 0 fully saturated rings. The van der Waals surface area contributed by atoms with Crippen LogP contribution in [0.4, 0.5) is 0 Å². The van der Waals surface area contributed by atoms with Crippen LogP contribution in [-0.2, 0) is 19.5 Å². The summed E-state index contributed by atoms with van der Waals surface area (Å²) in [6, 6.07) is 2.15. The van der Waals surface area contributed by atoms with Crippen molar-refractivity contribution in [3.63, 3.8) is 0 Å². The molecule has 2 heterocycles. The summed E-state index contributed by atoms with van der Waals surface area (Å²) in [7, 11) is 1.98. The van der Waals surface area contributed by atoms with Gasteiger partial charge in [-0.15, -0.1) is 0 Å². The van der Waals surface area contributed by atoms with Crippen LogP contribution >= 0.6 is 0 Å². The number of aryl methyl sites for hydroxylation is 3. The molecule has 0 unspecified atom stereocenters. The molecule has 20 heavy (non-hydrogen) atoms. The van der Waals surface area contributed by atoms with Crippen molar-refractivity contribution in [2.24, 2.45) is 0 Å². The molecule has 0 spiro atoms. The van der Waals surface area contributed by atoms with Crippen LogP contribution in [0.15, 0.2) is 6.07 Å². The number of hydrogen-bond donors (Lipinski definition) is 1. The lowest BCUT2D eigenvalue weighted by Crippen LogP contribution is -2.12. The van der Waals surface area contributed by atoms with Gasteiger partial charge in [0.1, 0.15) is 0 Å². The molecular formula is C15H25N5. The van der Waals surface area contributed by atoms with Crippen molar-refractivity contribution in [1.82, 2.24) is 24.9 Å². The lowest BCUT2D eigenvalue weighted by molar-refractivity contribution is 0.566. The summed E-state index contributed by atoms with van der Waals surface area (Å²) in [6.07, 6.45) is 1.03. The molecule has 1 N–H and O–H groups in total. The van der Waals surface area contributed by atoms with Gasteiger partial charge in [0, 0.05) is 12.2 Å². The Hall–Kier alpha value is -1.62. The topological polar surface area (TPSA) is 47.7 Å². The Labute approximate surface area is 121 Å². The first kappa shape index (κ1) is 14.8. The van der Waals surface area contributed by atoms with E-state index in [-0.39, 0.29) is 0 Å². The van der Waals surface area contributed by atoms with Gasteiger partial charge in [0.25, 0.3) is 0 Å². The van der Waals surface area contributed by atoms with Gasteiger partial charge < -0.3 is 5.32 Å². The van der Waals surface area contributed by atoms with Crippen LogP contribution in [0.5, 0.6) is 0 Å². The van der Waals surface area contributed by atoms with E-state index in [0.717, 1.165) is 37.4 Å². The third-order valence-electron chi connectivity index (χ3n) is 3.75. The Morgan fingerprint density at radius 2 is 1.90 bits per heavy atom. The van der Waals surface area contributed by atoms with Crippen LogP contribution < -0.4 is 5.32 Å². The Bertz CT molecular complexity index is 579. The maximum Gasteiger partial charge on any atom is 0.0831 e. The molecule has 0 saturated carbocycles. The van der Waals surface area contributed by atoms with Gasteiger partial charge in [-0.25, -0.2) is 0 Å². The van der Waals surface area contributed by atoms with Crippen LogP contribution in [0.25, 0.3) is 0 Å². The molecule has 5 nitrogen and oxygen atoms in total. The van der Waals surface area contributed by atoms with Crippen molar-refractivity contribution in [3.8, 4) is 0 Å². The average Bonchev–Trinajstić information content (AvgIpc) is 2.89. The van der Waals surface area contributed by atoms with Gasteiger partial charge in [-0.05, 0) is 59.3 Å². The highest BCUT2D eigenvalue weighted by Crippen LogP contribution is 2.15. The van der Waals surface area contributed by atoms with Gasteiger partial charge in [0.2, 0.25) is 0 Å². The number of likely N-dealkylation sites (N-methyl/N-ethyl adjacent to an activating group) is 1. The number of rotatable bonds is 6. The number of aromatic nitrogens is 4. The largest absolute Gasteiger partial charge is 0.319 e. The zero-order chi connectivity index (χ0) is 14.7. The van der Waals surface area contributed by atoms with Gasteiger partial charge in [0.15, 0.2) is 0 Å². The van der Waals surface area contributed by atoms with Crippen LogP contribution in [0.1, 0.15) is 35.3 Å². The highest BCUT2D eigenvalue weighted by molar-refractivity contribution is 5.25. The zero-order valence-electron chi connectivity index (χ0n) is 13.2. The second kappa shape index (κ2) is 6.22. The molecule has 0 radical (unpaired) electrons. The maximum atomic E-state index is 4.69. The van der Waals surface area contributed by atoms with E-state index < -0.39 is 0 Å². The second-order valence-corrected chi connectivity index (χ2v) is 5.25. The summed E-state index contributed by atoms with van der Waals surface area (Å²) in [4.78, 5) is 0. The van der Waals surface area contributed by atoms with Crippen LogP contribution in [0.2, 0.25) is 0 Å². The van der Waals surface area contributed by atoms with Crippen LogP contribution in [0.3, 0.4) is 0 Å². The van der Waals surface area contributed by atoms with E-state index in [1.807, 2.05) is 14.0 Å². The van der Waals surface area contributed by atoms with Crippen LogP contribution in [-0.4, -0.2) is 33.2 Å². The molecule has 110 valence electrons. The van der Waals surface area contributed by atoms with E-state index in [4.69, 9.17) is 5.10 Å². The first-order chi connectivity index (χ1) is 9.56. The Morgan fingerprint density at radius 1 is 1.15 bits per heavy atom. The molecule has 0 amide bonds. The third kappa shape index (κ3) is 2.93. The van der Waals surface area contributed by atoms with Crippen molar-refractivity contribution in [2.75, 3.05) is 13.6 Å². The van der Waals surface area contributed by atoms with E-state index in [1.54, 1.807) is 0 Å². The van der Waals surface area contributed by atoms with Gasteiger partial charge >= 0.3 is 0 Å². The predicted octanol–water partition coefficient (Wildman–Crippen LogP) is 1.83. The molecule has 0 aliphatic rings. The fourth-order valence-corrected chi connectivity index (χ4v) is 2.65.